The van der Waals surface area contributed by atoms with Gasteiger partial charge in [-0.25, -0.2) is 9.59 Å². The Morgan fingerprint density at radius 1 is 0.833 bits per heavy atom. The number of halogens is 2. The number of carbonyl (C=O) groups excluding carboxylic acids is 2. The maximum atomic E-state index is 12.7. The first-order valence-electron chi connectivity index (χ1n) is 8.87. The molecule has 0 spiro atoms. The molecule has 6 nitrogen and oxygen atoms in total. The Balaban J connectivity index is 2.16. The summed E-state index contributed by atoms with van der Waals surface area (Å²) in [6.45, 7) is 0. The summed E-state index contributed by atoms with van der Waals surface area (Å²) in [7, 11) is 4.13. The average Bonchev–Trinajstić information content (AvgIpc) is 2.79. The average molecular weight is 448 g/mol. The number of methoxy groups -OCH3 is 3. The number of hydrogen-bond donors (Lipinski definition) is 0. The minimum absolute atomic E-state index is 0.245. The van der Waals surface area contributed by atoms with Gasteiger partial charge >= 0.3 is 11.9 Å². The Hall–Kier alpha value is -2.96. The highest BCUT2D eigenvalue weighted by atomic mass is 35.5. The Labute approximate surface area is 184 Å². The minimum atomic E-state index is -0.742. The zero-order valence-electron chi connectivity index (χ0n) is 16.5. The van der Waals surface area contributed by atoms with Crippen LogP contribution in [-0.2, 0) is 19.1 Å². The molecule has 1 aliphatic heterocycles. The predicted octanol–water partition coefficient (Wildman–Crippen LogP) is 4.72. The Bertz CT molecular complexity index is 996. The van der Waals surface area contributed by atoms with Gasteiger partial charge in [-0.2, -0.15) is 0 Å². The smallest absolute Gasteiger partial charge is 0.336 e. The fourth-order valence-electron chi connectivity index (χ4n) is 3.18. The molecule has 3 rings (SSSR count). The summed E-state index contributed by atoms with van der Waals surface area (Å²) in [5.41, 5.74) is 1.81. The molecule has 0 atom stereocenters. The third-order valence-electron chi connectivity index (χ3n) is 4.67. The minimum Gasteiger partial charge on any atom is -0.497 e. The van der Waals surface area contributed by atoms with Crippen LogP contribution in [0, 0.1) is 0 Å². The lowest BCUT2D eigenvalue weighted by molar-refractivity contribution is -0.137. The van der Waals surface area contributed by atoms with E-state index in [4.69, 9.17) is 37.4 Å². The Morgan fingerprint density at radius 2 is 1.40 bits per heavy atom. The molecule has 0 amide bonds. The quantitative estimate of drug-likeness (QED) is 0.617. The molecule has 1 aliphatic rings. The summed E-state index contributed by atoms with van der Waals surface area (Å²) >= 11 is 12.2. The monoisotopic (exact) mass is 447 g/mol. The van der Waals surface area contributed by atoms with Crippen LogP contribution in [0.4, 0.5) is 5.69 Å². The first kappa shape index (κ1) is 21.7. The number of anilines is 1. The van der Waals surface area contributed by atoms with E-state index in [1.807, 2.05) is 0 Å². The summed E-state index contributed by atoms with van der Waals surface area (Å²) in [5.74, 6) is -1.23. The summed E-state index contributed by atoms with van der Waals surface area (Å²) in [6, 6.07) is 12.1. The maximum absolute atomic E-state index is 12.7. The van der Waals surface area contributed by atoms with E-state index in [-0.39, 0.29) is 11.1 Å². The van der Waals surface area contributed by atoms with Gasteiger partial charge in [0.05, 0.1) is 48.4 Å². The van der Waals surface area contributed by atoms with Crippen molar-refractivity contribution in [3.63, 3.8) is 0 Å². The zero-order chi connectivity index (χ0) is 21.8. The highest BCUT2D eigenvalue weighted by molar-refractivity contribution is 6.42. The van der Waals surface area contributed by atoms with E-state index in [1.54, 1.807) is 66.9 Å². The zero-order valence-corrected chi connectivity index (χ0v) is 18.0. The first-order valence-corrected chi connectivity index (χ1v) is 9.62. The highest BCUT2D eigenvalue weighted by Crippen LogP contribution is 2.40. The second-order valence-corrected chi connectivity index (χ2v) is 7.18. The molecule has 0 bridgehead atoms. The van der Waals surface area contributed by atoms with Crippen molar-refractivity contribution in [1.82, 2.24) is 0 Å². The number of rotatable bonds is 5. The van der Waals surface area contributed by atoms with Gasteiger partial charge in [0.25, 0.3) is 0 Å². The van der Waals surface area contributed by atoms with E-state index in [2.05, 4.69) is 0 Å². The van der Waals surface area contributed by atoms with Gasteiger partial charge in [0, 0.05) is 18.1 Å². The summed E-state index contributed by atoms with van der Waals surface area (Å²) in [5, 5.41) is 0.670. The second-order valence-electron chi connectivity index (χ2n) is 6.36. The molecular weight excluding hydrogens is 429 g/mol. The number of esters is 2. The number of hydrogen-bond acceptors (Lipinski definition) is 6. The number of benzene rings is 2. The third kappa shape index (κ3) is 4.30. The van der Waals surface area contributed by atoms with Crippen molar-refractivity contribution >= 4 is 40.8 Å². The van der Waals surface area contributed by atoms with Gasteiger partial charge in [0.1, 0.15) is 5.75 Å². The summed E-state index contributed by atoms with van der Waals surface area (Å²) < 4.78 is 15.2. The molecule has 0 N–H and O–H groups in total. The first-order chi connectivity index (χ1) is 14.4. The van der Waals surface area contributed by atoms with E-state index >= 15 is 0 Å². The van der Waals surface area contributed by atoms with Gasteiger partial charge in [-0.15, -0.1) is 0 Å². The van der Waals surface area contributed by atoms with E-state index in [0.29, 0.717) is 27.0 Å². The van der Waals surface area contributed by atoms with E-state index in [0.717, 1.165) is 0 Å². The normalized spacial score (nSPS) is 14.0. The van der Waals surface area contributed by atoms with Crippen LogP contribution in [-0.4, -0.2) is 33.3 Å². The largest absolute Gasteiger partial charge is 0.497 e. The van der Waals surface area contributed by atoms with Crippen molar-refractivity contribution in [1.29, 1.82) is 0 Å². The van der Waals surface area contributed by atoms with Gasteiger partial charge in [-0.05, 0) is 42.0 Å². The molecule has 1 heterocycles. The van der Waals surface area contributed by atoms with Crippen molar-refractivity contribution in [3.8, 4) is 5.75 Å². The molecule has 156 valence electrons. The van der Waals surface area contributed by atoms with Gasteiger partial charge in [0.2, 0.25) is 0 Å². The van der Waals surface area contributed by atoms with Crippen LogP contribution >= 0.6 is 23.2 Å². The van der Waals surface area contributed by atoms with E-state index < -0.39 is 17.9 Å². The van der Waals surface area contributed by atoms with Crippen LogP contribution in [0.3, 0.4) is 0 Å². The fraction of sp³-hybridized carbons (Fsp3) is 0.182. The van der Waals surface area contributed by atoms with Crippen LogP contribution in [0.2, 0.25) is 10.0 Å². The van der Waals surface area contributed by atoms with Crippen molar-refractivity contribution in [3.05, 3.63) is 81.6 Å². The van der Waals surface area contributed by atoms with Crippen molar-refractivity contribution in [2.75, 3.05) is 26.2 Å². The van der Waals surface area contributed by atoms with Crippen molar-refractivity contribution in [2.24, 2.45) is 0 Å². The van der Waals surface area contributed by atoms with Crippen LogP contribution in [0.5, 0.6) is 5.75 Å². The Morgan fingerprint density at radius 3 is 1.87 bits per heavy atom. The predicted molar refractivity (Wildman–Crippen MR) is 115 cm³/mol. The van der Waals surface area contributed by atoms with Crippen LogP contribution in [0.15, 0.2) is 66.0 Å². The van der Waals surface area contributed by atoms with Crippen molar-refractivity contribution < 1.29 is 23.8 Å². The van der Waals surface area contributed by atoms with E-state index in [9.17, 15) is 9.59 Å². The second kappa shape index (κ2) is 9.24. The molecule has 30 heavy (non-hydrogen) atoms. The molecule has 2 aromatic carbocycles. The summed E-state index contributed by atoms with van der Waals surface area (Å²) in [4.78, 5) is 27.0. The standard InChI is InChI=1S/C22H19Cl2NO5/c1-28-15-7-5-14(6-8-15)25-11-16(21(26)29-2)20(17(12-25)22(27)30-3)13-4-9-18(23)19(24)10-13/h4-12,20H,1-3H3. The number of carbonyl (C=O) groups is 2. The lowest BCUT2D eigenvalue weighted by Crippen LogP contribution is -2.28. The molecule has 0 aromatic heterocycles. The van der Waals surface area contributed by atoms with E-state index in [1.165, 1.54) is 14.2 Å². The van der Waals surface area contributed by atoms with Gasteiger partial charge in [-0.3, -0.25) is 0 Å². The lowest BCUT2D eigenvalue weighted by Gasteiger charge is -2.30. The number of nitrogens with zero attached hydrogens (tertiary/aromatic N) is 1. The third-order valence-corrected chi connectivity index (χ3v) is 5.41. The molecular formula is C22H19Cl2NO5. The highest BCUT2D eigenvalue weighted by Gasteiger charge is 2.35. The maximum Gasteiger partial charge on any atom is 0.336 e. The summed E-state index contributed by atoms with van der Waals surface area (Å²) in [6.07, 6.45) is 3.24. The molecule has 0 fully saturated rings. The van der Waals surface area contributed by atoms with Gasteiger partial charge in [0.15, 0.2) is 0 Å². The molecule has 0 radical (unpaired) electrons. The topological polar surface area (TPSA) is 65.1 Å². The molecule has 0 saturated carbocycles. The van der Waals surface area contributed by atoms with Crippen molar-refractivity contribution in [2.45, 2.75) is 5.92 Å². The molecule has 8 heteroatoms. The molecule has 0 unspecified atom stereocenters. The fourth-order valence-corrected chi connectivity index (χ4v) is 3.49. The molecule has 0 saturated heterocycles. The SMILES string of the molecule is COC(=O)C1=CN(c2ccc(OC)cc2)C=C(C(=O)OC)C1c1ccc(Cl)c(Cl)c1. The lowest BCUT2D eigenvalue weighted by atomic mass is 9.83. The molecule has 2 aromatic rings. The van der Waals surface area contributed by atoms with Crippen LogP contribution in [0.25, 0.3) is 0 Å². The molecule has 0 aliphatic carbocycles. The van der Waals surface area contributed by atoms with Crippen LogP contribution in [0.1, 0.15) is 11.5 Å². The van der Waals surface area contributed by atoms with Gasteiger partial charge < -0.3 is 19.1 Å². The van der Waals surface area contributed by atoms with Crippen LogP contribution < -0.4 is 9.64 Å². The Kier molecular flexibility index (Phi) is 6.70. The van der Waals surface area contributed by atoms with Gasteiger partial charge in [-0.1, -0.05) is 29.3 Å². The number of ether oxygens (including phenoxy) is 3.